The number of halogens is 1. The highest BCUT2D eigenvalue weighted by Crippen LogP contribution is 2.25. The van der Waals surface area contributed by atoms with E-state index in [4.69, 9.17) is 16.7 Å². The van der Waals surface area contributed by atoms with Crippen LogP contribution >= 0.6 is 11.6 Å². The Morgan fingerprint density at radius 3 is 2.79 bits per heavy atom. The Balaban J connectivity index is 2.20. The molecule has 0 saturated heterocycles. The quantitative estimate of drug-likeness (QED) is 0.799. The van der Waals surface area contributed by atoms with Crippen LogP contribution in [0.1, 0.15) is 11.5 Å². The molecule has 0 saturated carbocycles. The summed E-state index contributed by atoms with van der Waals surface area (Å²) in [6.07, 6.45) is 1.69. The molecule has 0 fully saturated rings. The minimum absolute atomic E-state index is 0.0141. The van der Waals surface area contributed by atoms with E-state index in [1.54, 1.807) is 6.20 Å². The standard InChI is InChI=1S/C11H13ClN4O2S/c1-7-14-5-8(16-7)6-15-11-4-9(19(13,17)18)2-3-10(11)12/h2-5,15H,6H2,1H3,(H,14,16)(H2,13,17,18). The second kappa shape index (κ2) is 5.20. The van der Waals surface area contributed by atoms with Crippen LogP contribution in [0.25, 0.3) is 0 Å². The lowest BCUT2D eigenvalue weighted by Gasteiger charge is -2.08. The van der Waals surface area contributed by atoms with Crippen LogP contribution in [-0.2, 0) is 16.6 Å². The zero-order valence-electron chi connectivity index (χ0n) is 10.1. The van der Waals surface area contributed by atoms with Gasteiger partial charge in [-0.15, -0.1) is 0 Å². The summed E-state index contributed by atoms with van der Waals surface area (Å²) in [5, 5.41) is 8.52. The van der Waals surface area contributed by atoms with E-state index >= 15 is 0 Å². The number of nitrogens with two attached hydrogens (primary N) is 1. The highest BCUT2D eigenvalue weighted by Gasteiger charge is 2.10. The lowest BCUT2D eigenvalue weighted by atomic mass is 10.3. The highest BCUT2D eigenvalue weighted by atomic mass is 35.5. The van der Waals surface area contributed by atoms with E-state index < -0.39 is 10.0 Å². The lowest BCUT2D eigenvalue weighted by Crippen LogP contribution is -2.12. The number of aromatic nitrogens is 2. The zero-order valence-corrected chi connectivity index (χ0v) is 11.7. The molecule has 1 heterocycles. The van der Waals surface area contributed by atoms with E-state index in [0.717, 1.165) is 11.5 Å². The number of aromatic amines is 1. The molecule has 1 aromatic carbocycles. The molecule has 8 heteroatoms. The summed E-state index contributed by atoms with van der Waals surface area (Å²) in [5.74, 6) is 0.807. The molecule has 4 N–H and O–H groups in total. The van der Waals surface area contributed by atoms with Crippen LogP contribution in [0.15, 0.2) is 29.3 Å². The second-order valence-corrected chi connectivity index (χ2v) is 6.00. The number of hydrogen-bond donors (Lipinski definition) is 3. The van der Waals surface area contributed by atoms with Crippen LogP contribution in [0.4, 0.5) is 5.69 Å². The number of benzene rings is 1. The van der Waals surface area contributed by atoms with Crippen LogP contribution < -0.4 is 10.5 Å². The molecule has 0 radical (unpaired) electrons. The van der Waals surface area contributed by atoms with Crippen molar-refractivity contribution in [1.29, 1.82) is 0 Å². The zero-order chi connectivity index (χ0) is 14.0. The Hall–Kier alpha value is -1.57. The molecule has 0 aliphatic carbocycles. The molecular weight excluding hydrogens is 288 g/mol. The molecule has 0 atom stereocenters. The summed E-state index contributed by atoms with van der Waals surface area (Å²) in [7, 11) is -3.74. The highest BCUT2D eigenvalue weighted by molar-refractivity contribution is 7.89. The number of nitrogens with one attached hydrogen (secondary N) is 2. The molecule has 0 spiro atoms. The van der Waals surface area contributed by atoms with E-state index in [1.807, 2.05) is 6.92 Å². The minimum atomic E-state index is -3.74. The summed E-state index contributed by atoms with van der Waals surface area (Å²) in [5.41, 5.74) is 1.37. The van der Waals surface area contributed by atoms with Crippen molar-refractivity contribution in [1.82, 2.24) is 9.97 Å². The number of H-pyrrole nitrogens is 1. The predicted molar refractivity (Wildman–Crippen MR) is 73.5 cm³/mol. The van der Waals surface area contributed by atoms with Gasteiger partial charge in [0.25, 0.3) is 0 Å². The van der Waals surface area contributed by atoms with Gasteiger partial charge in [-0.25, -0.2) is 18.5 Å². The number of anilines is 1. The van der Waals surface area contributed by atoms with E-state index in [2.05, 4.69) is 15.3 Å². The topological polar surface area (TPSA) is 101 Å². The van der Waals surface area contributed by atoms with Crippen LogP contribution in [0.3, 0.4) is 0 Å². The van der Waals surface area contributed by atoms with Crippen LogP contribution in [0, 0.1) is 6.92 Å². The third-order valence-electron chi connectivity index (χ3n) is 2.49. The Labute approximate surface area is 116 Å². The number of hydrogen-bond acceptors (Lipinski definition) is 4. The van der Waals surface area contributed by atoms with Crippen molar-refractivity contribution in [3.05, 3.63) is 40.9 Å². The SMILES string of the molecule is Cc1ncc(CNc2cc(S(N)(=O)=O)ccc2Cl)[nH]1. The van der Waals surface area contributed by atoms with Gasteiger partial charge in [-0.05, 0) is 25.1 Å². The number of rotatable bonds is 4. The smallest absolute Gasteiger partial charge is 0.238 e. The Morgan fingerprint density at radius 2 is 2.21 bits per heavy atom. The van der Waals surface area contributed by atoms with Gasteiger partial charge in [-0.2, -0.15) is 0 Å². The van der Waals surface area contributed by atoms with Crippen molar-refractivity contribution in [3.63, 3.8) is 0 Å². The summed E-state index contributed by atoms with van der Waals surface area (Å²) in [4.78, 5) is 7.13. The molecular formula is C11H13ClN4O2S. The van der Waals surface area contributed by atoms with E-state index in [-0.39, 0.29) is 4.90 Å². The van der Waals surface area contributed by atoms with Gasteiger partial charge in [0.2, 0.25) is 10.0 Å². The number of primary sulfonamides is 1. The molecule has 2 aromatic rings. The first kappa shape index (κ1) is 13.9. The van der Waals surface area contributed by atoms with E-state index in [1.165, 1.54) is 18.2 Å². The van der Waals surface area contributed by atoms with Gasteiger partial charge in [0.05, 0.1) is 34.0 Å². The van der Waals surface area contributed by atoms with Gasteiger partial charge in [0.15, 0.2) is 0 Å². The van der Waals surface area contributed by atoms with Gasteiger partial charge >= 0.3 is 0 Å². The third kappa shape index (κ3) is 3.46. The maximum absolute atomic E-state index is 11.3. The number of imidazole rings is 1. The van der Waals surface area contributed by atoms with Crippen molar-refractivity contribution < 1.29 is 8.42 Å². The summed E-state index contributed by atoms with van der Waals surface area (Å²) in [6.45, 7) is 2.30. The molecule has 6 nitrogen and oxygen atoms in total. The number of sulfonamides is 1. The maximum Gasteiger partial charge on any atom is 0.238 e. The Bertz CT molecular complexity index is 696. The molecule has 1 aromatic heterocycles. The molecule has 2 rings (SSSR count). The Morgan fingerprint density at radius 1 is 1.47 bits per heavy atom. The average molecular weight is 301 g/mol. The fourth-order valence-electron chi connectivity index (χ4n) is 1.57. The summed E-state index contributed by atoms with van der Waals surface area (Å²) in [6, 6.07) is 4.26. The van der Waals surface area contributed by atoms with Crippen molar-refractivity contribution >= 4 is 27.3 Å². The largest absolute Gasteiger partial charge is 0.378 e. The minimum Gasteiger partial charge on any atom is -0.378 e. The first-order valence-corrected chi connectivity index (χ1v) is 7.35. The molecule has 0 bridgehead atoms. The number of aryl methyl sites for hydroxylation is 1. The normalized spacial score (nSPS) is 11.5. The van der Waals surface area contributed by atoms with Crippen LogP contribution in [0.2, 0.25) is 5.02 Å². The molecule has 0 aliphatic rings. The average Bonchev–Trinajstić information content (AvgIpc) is 2.72. The fourth-order valence-corrected chi connectivity index (χ4v) is 2.29. The van der Waals surface area contributed by atoms with Crippen molar-refractivity contribution in [2.24, 2.45) is 5.14 Å². The van der Waals surface area contributed by atoms with Gasteiger partial charge in [-0.1, -0.05) is 11.6 Å². The molecule has 0 aliphatic heterocycles. The van der Waals surface area contributed by atoms with Gasteiger partial charge in [0, 0.05) is 0 Å². The monoisotopic (exact) mass is 300 g/mol. The Kier molecular flexibility index (Phi) is 3.79. The summed E-state index contributed by atoms with van der Waals surface area (Å²) >= 11 is 5.99. The first-order chi connectivity index (χ1) is 8.86. The van der Waals surface area contributed by atoms with Gasteiger partial charge in [0.1, 0.15) is 5.82 Å². The number of nitrogens with zero attached hydrogens (tertiary/aromatic N) is 1. The molecule has 19 heavy (non-hydrogen) atoms. The lowest BCUT2D eigenvalue weighted by molar-refractivity contribution is 0.598. The van der Waals surface area contributed by atoms with Crippen molar-refractivity contribution in [2.45, 2.75) is 18.4 Å². The molecule has 102 valence electrons. The first-order valence-electron chi connectivity index (χ1n) is 5.43. The summed E-state index contributed by atoms with van der Waals surface area (Å²) < 4.78 is 22.5. The van der Waals surface area contributed by atoms with E-state index in [0.29, 0.717) is 17.3 Å². The van der Waals surface area contributed by atoms with Gasteiger partial charge in [-0.3, -0.25) is 0 Å². The van der Waals surface area contributed by atoms with Crippen molar-refractivity contribution in [3.8, 4) is 0 Å². The molecule has 0 amide bonds. The molecule has 0 unspecified atom stereocenters. The maximum atomic E-state index is 11.3. The predicted octanol–water partition coefficient (Wildman–Crippen LogP) is 1.63. The van der Waals surface area contributed by atoms with Crippen LogP contribution in [-0.4, -0.2) is 18.4 Å². The van der Waals surface area contributed by atoms with Gasteiger partial charge < -0.3 is 10.3 Å². The second-order valence-electron chi connectivity index (χ2n) is 4.03. The third-order valence-corrected chi connectivity index (χ3v) is 3.73. The van der Waals surface area contributed by atoms with E-state index in [9.17, 15) is 8.42 Å². The fraction of sp³-hybridized carbons (Fsp3) is 0.182. The van der Waals surface area contributed by atoms with Crippen LogP contribution in [0.5, 0.6) is 0 Å². The van der Waals surface area contributed by atoms with Crippen molar-refractivity contribution in [2.75, 3.05) is 5.32 Å².